The second kappa shape index (κ2) is 28.1. The molecule has 4 rings (SSSR count). The minimum atomic E-state index is -2.83. The SMILES string of the molecule is CC1COc2c(N3CCN(C)CC3)c(F)cc3c(=O)c(C(=O)OCC(O)COCCC[Si](C)(O[Si](C)(C)C)O[Si](C)(C)O[Si](C)(CCCOCCC(O)CN(C)CCN(C)CCN(C)C)O[Si](C)(C)C)cn1c23. The second-order valence-electron chi connectivity index (χ2n) is 23.4. The van der Waals surface area contributed by atoms with Crippen LogP contribution in [0.4, 0.5) is 10.1 Å². The smallest absolute Gasteiger partial charge is 0.343 e. The number of piperazine rings is 1. The summed E-state index contributed by atoms with van der Waals surface area (Å²) in [5.74, 6) is -1.18. The number of pyridine rings is 1. The lowest BCUT2D eigenvalue weighted by molar-refractivity contribution is -0.0110. The van der Waals surface area contributed by atoms with E-state index >= 15 is 4.39 Å². The molecular weight excluding hydrogens is 1020 g/mol. The number of esters is 1. The minimum absolute atomic E-state index is 0.0384. The van der Waals surface area contributed by atoms with Gasteiger partial charge in [-0.2, -0.15) is 0 Å². The van der Waals surface area contributed by atoms with Crippen LogP contribution in [0.5, 0.6) is 5.75 Å². The summed E-state index contributed by atoms with van der Waals surface area (Å²) in [6.45, 7) is 31.6. The van der Waals surface area contributed by atoms with Crippen molar-refractivity contribution in [3.05, 3.63) is 33.9 Å². The van der Waals surface area contributed by atoms with E-state index in [0.29, 0.717) is 75.3 Å². The summed E-state index contributed by atoms with van der Waals surface area (Å²) < 4.78 is 69.0. The lowest BCUT2D eigenvalue weighted by Crippen LogP contribution is -2.60. The van der Waals surface area contributed by atoms with Gasteiger partial charge in [0.25, 0.3) is 0 Å². The molecule has 0 aliphatic carbocycles. The van der Waals surface area contributed by atoms with Crippen molar-refractivity contribution >= 4 is 64.9 Å². The van der Waals surface area contributed by atoms with E-state index in [1.165, 1.54) is 12.3 Å². The molecule has 0 spiro atoms. The van der Waals surface area contributed by atoms with Gasteiger partial charge in [-0.3, -0.25) is 4.79 Å². The molecule has 0 amide bonds. The normalized spacial score (nSPS) is 18.6. The molecule has 73 heavy (non-hydrogen) atoms. The molecule has 3 heterocycles. The van der Waals surface area contributed by atoms with E-state index in [-0.39, 0.29) is 30.2 Å². The van der Waals surface area contributed by atoms with Gasteiger partial charge in [0.2, 0.25) is 5.43 Å². The number of halogens is 1. The third-order valence-corrected chi connectivity index (χ3v) is 30.9. The van der Waals surface area contributed by atoms with Crippen LogP contribution in [0.2, 0.25) is 77.6 Å². The lowest BCUT2D eigenvalue weighted by Gasteiger charge is -2.43. The molecule has 420 valence electrons. The first kappa shape index (κ1) is 63.6. The summed E-state index contributed by atoms with van der Waals surface area (Å²) in [4.78, 5) is 38.0. The summed E-state index contributed by atoms with van der Waals surface area (Å²) >= 11 is 0. The Labute approximate surface area is 442 Å². The standard InChI is InChI=1S/C49H95FN6O12Si5/c1-39-36-63-48-45-42(33-44(50)46(48)55-26-24-53(5)25-27-55)47(59)43(35-56(39)45)49(60)64-38-41(58)37-62-29-18-32-73(16,66-70(10,11)12)68-71(13,14)67-72(15,65-69(7,8)9)31-17-28-61-30-19-40(57)34-54(6)23-22-52(4)21-20-51(2)3/h33,35,39-41,57-58H,17-32,34,36-38H2,1-16H3. The number of aliphatic hydroxyl groups is 2. The van der Waals surface area contributed by atoms with Gasteiger partial charge in [-0.15, -0.1) is 0 Å². The Hall–Kier alpha value is -1.97. The third kappa shape index (κ3) is 21.4. The number of carbonyl (C=O) groups is 1. The summed E-state index contributed by atoms with van der Waals surface area (Å²) in [5.41, 5.74) is -0.126. The van der Waals surface area contributed by atoms with Crippen LogP contribution in [0.25, 0.3) is 10.9 Å². The van der Waals surface area contributed by atoms with Gasteiger partial charge >= 0.3 is 31.7 Å². The van der Waals surface area contributed by atoms with Crippen LogP contribution < -0.4 is 15.1 Å². The zero-order chi connectivity index (χ0) is 54.5. The Morgan fingerprint density at radius 2 is 1.34 bits per heavy atom. The van der Waals surface area contributed by atoms with Crippen LogP contribution in [0.15, 0.2) is 17.1 Å². The fourth-order valence-corrected chi connectivity index (χ4v) is 33.0. The van der Waals surface area contributed by atoms with Crippen LogP contribution >= 0.6 is 0 Å². The predicted molar refractivity (Wildman–Crippen MR) is 301 cm³/mol. The first-order valence-corrected chi connectivity index (χ1v) is 41.1. The Balaban J connectivity index is 1.26. The molecular formula is C49H95FN6O12Si5. The van der Waals surface area contributed by atoms with E-state index in [0.717, 1.165) is 51.7 Å². The number of hydrogen-bond donors (Lipinski definition) is 2. The molecule has 0 bridgehead atoms. The number of hydrogen-bond acceptors (Lipinski definition) is 17. The Morgan fingerprint density at radius 1 is 0.781 bits per heavy atom. The molecule has 1 aromatic heterocycles. The van der Waals surface area contributed by atoms with Gasteiger partial charge in [0, 0.05) is 84.9 Å². The van der Waals surface area contributed by atoms with Gasteiger partial charge in [-0.1, -0.05) is 0 Å². The molecule has 2 aromatic rings. The largest absolute Gasteiger partial charge is 0.487 e. The summed E-state index contributed by atoms with van der Waals surface area (Å²) in [5, 5.41) is 21.5. The van der Waals surface area contributed by atoms with E-state index in [1.807, 2.05) is 18.9 Å². The highest BCUT2D eigenvalue weighted by molar-refractivity contribution is 6.90. The predicted octanol–water partition coefficient (Wildman–Crippen LogP) is 5.94. The van der Waals surface area contributed by atoms with E-state index in [1.54, 1.807) is 4.57 Å². The molecule has 5 unspecified atom stereocenters. The molecule has 0 saturated carbocycles. The quantitative estimate of drug-likeness (QED) is 0.0489. The number of aliphatic hydroxyl groups excluding tert-OH is 2. The van der Waals surface area contributed by atoms with Gasteiger partial charge in [0.05, 0.1) is 29.7 Å². The van der Waals surface area contributed by atoms with Crippen LogP contribution in [0, 0.1) is 5.82 Å². The monoisotopic (exact) mass is 1120 g/mol. The molecule has 2 aliphatic heterocycles. The number of anilines is 1. The van der Waals surface area contributed by atoms with Crippen molar-refractivity contribution in [3.8, 4) is 5.75 Å². The van der Waals surface area contributed by atoms with Gasteiger partial charge in [-0.05, 0) is 145 Å². The van der Waals surface area contributed by atoms with E-state index in [9.17, 15) is 19.8 Å². The van der Waals surface area contributed by atoms with Gasteiger partial charge in [0.15, 0.2) is 28.2 Å². The van der Waals surface area contributed by atoms with Crippen LogP contribution in [-0.2, 0) is 30.7 Å². The van der Waals surface area contributed by atoms with E-state index in [4.69, 9.17) is 35.4 Å². The maximum atomic E-state index is 15.8. The molecule has 24 heteroatoms. The highest BCUT2D eigenvalue weighted by Gasteiger charge is 2.48. The van der Waals surface area contributed by atoms with Crippen LogP contribution in [-0.4, -0.2) is 229 Å². The first-order chi connectivity index (χ1) is 33.9. The van der Waals surface area contributed by atoms with Crippen molar-refractivity contribution in [2.45, 2.75) is 122 Å². The number of likely N-dealkylation sites (N-methyl/N-ethyl adjacent to an activating group) is 4. The number of benzene rings is 1. The zero-order valence-corrected chi connectivity index (χ0v) is 52.6. The van der Waals surface area contributed by atoms with Crippen molar-refractivity contribution in [1.29, 1.82) is 0 Å². The number of ether oxygens (including phenoxy) is 4. The number of carbonyl (C=O) groups excluding carboxylic acids is 1. The zero-order valence-electron chi connectivity index (χ0n) is 47.6. The van der Waals surface area contributed by atoms with Crippen LogP contribution in [0.3, 0.4) is 0 Å². The Kier molecular flexibility index (Phi) is 24.4. The molecule has 1 aromatic carbocycles. The van der Waals surface area contributed by atoms with Gasteiger partial charge in [-0.25, -0.2) is 9.18 Å². The third-order valence-electron chi connectivity index (χ3n) is 12.6. The summed E-state index contributed by atoms with van der Waals surface area (Å²) in [6.07, 6.45) is 1.81. The highest BCUT2D eigenvalue weighted by atomic mass is 28.5. The van der Waals surface area contributed by atoms with Crippen molar-refractivity contribution in [1.82, 2.24) is 24.2 Å². The van der Waals surface area contributed by atoms with Crippen molar-refractivity contribution < 1.29 is 54.8 Å². The number of rotatable bonds is 33. The maximum absolute atomic E-state index is 15.8. The van der Waals surface area contributed by atoms with E-state index < -0.39 is 78.3 Å². The lowest BCUT2D eigenvalue weighted by atomic mass is 10.1. The van der Waals surface area contributed by atoms with Gasteiger partial charge in [0.1, 0.15) is 30.6 Å². The topological polar surface area (TPSA) is 170 Å². The first-order valence-electron chi connectivity index (χ1n) is 26.4. The van der Waals surface area contributed by atoms with Crippen LogP contribution in [0.1, 0.15) is 42.6 Å². The summed E-state index contributed by atoms with van der Waals surface area (Å²) in [6, 6.07) is 2.34. The Morgan fingerprint density at radius 3 is 1.92 bits per heavy atom. The van der Waals surface area contributed by atoms with Crippen molar-refractivity contribution in [3.63, 3.8) is 0 Å². The molecule has 0 radical (unpaired) electrons. The molecule has 1 saturated heterocycles. The molecule has 2 aliphatic rings. The molecule has 2 N–H and O–H groups in total. The average Bonchev–Trinajstić information content (AvgIpc) is 3.25. The van der Waals surface area contributed by atoms with Crippen molar-refractivity contribution in [2.75, 3.05) is 139 Å². The van der Waals surface area contributed by atoms with E-state index in [2.05, 4.69) is 113 Å². The highest BCUT2D eigenvalue weighted by Crippen LogP contribution is 2.42. The fourth-order valence-electron chi connectivity index (χ4n) is 9.48. The number of nitrogens with zero attached hydrogens (tertiary/aromatic N) is 6. The Bertz CT molecular complexity index is 2110. The summed E-state index contributed by atoms with van der Waals surface area (Å²) in [7, 11) is -2.11. The molecule has 5 atom stereocenters. The second-order valence-corrected chi connectivity index (χ2v) is 43.5. The average molecular weight is 1120 g/mol. The minimum Gasteiger partial charge on any atom is -0.487 e. The van der Waals surface area contributed by atoms with Crippen molar-refractivity contribution in [2.24, 2.45) is 0 Å². The molecule has 1 fully saturated rings. The fraction of sp³-hybridized carbons (Fsp3) is 0.796. The maximum Gasteiger partial charge on any atom is 0.343 e. The number of aromatic nitrogens is 1. The molecule has 18 nitrogen and oxygen atoms in total. The van der Waals surface area contributed by atoms with Gasteiger partial charge < -0.3 is 74.7 Å².